The highest BCUT2D eigenvalue weighted by Crippen LogP contribution is 2.20. The minimum atomic E-state index is -3.60. The number of rotatable bonds is 3. The number of hydrogen-bond donors (Lipinski definition) is 1. The molecule has 1 aromatic heterocycles. The molecule has 1 N–H and O–H groups in total. The molecule has 0 amide bonds. The molecule has 0 atom stereocenters. The number of pyridine rings is 1. The number of aromatic nitrogens is 1. The van der Waals surface area contributed by atoms with Crippen molar-refractivity contribution in [3.05, 3.63) is 52.1 Å². The second-order valence-corrected chi connectivity index (χ2v) is 6.84. The molecule has 0 unspecified atom stereocenters. The molecule has 0 aliphatic carbocycles. The van der Waals surface area contributed by atoms with E-state index in [1.54, 1.807) is 37.4 Å². The zero-order valence-electron chi connectivity index (χ0n) is 10.5. The van der Waals surface area contributed by atoms with E-state index in [0.717, 1.165) is 15.6 Å². The van der Waals surface area contributed by atoms with Gasteiger partial charge in [0.15, 0.2) is 0 Å². The fourth-order valence-corrected chi connectivity index (χ4v) is 3.25. The zero-order valence-corrected chi connectivity index (χ0v) is 12.9. The molecule has 0 spiro atoms. The van der Waals surface area contributed by atoms with Gasteiger partial charge < -0.3 is 0 Å². The van der Waals surface area contributed by atoms with Crippen LogP contribution in [0.1, 0.15) is 11.1 Å². The lowest BCUT2D eigenvalue weighted by Crippen LogP contribution is -2.14. The monoisotopic (exact) mass is 340 g/mol. The summed E-state index contributed by atoms with van der Waals surface area (Å²) in [6.07, 6.45) is 1.56. The first-order chi connectivity index (χ1) is 8.88. The molecule has 0 radical (unpaired) electrons. The molecule has 6 heteroatoms. The van der Waals surface area contributed by atoms with Crippen LogP contribution in [0.5, 0.6) is 0 Å². The Morgan fingerprint density at radius 1 is 1.21 bits per heavy atom. The lowest BCUT2D eigenvalue weighted by molar-refractivity contribution is 0.601. The van der Waals surface area contributed by atoms with Crippen molar-refractivity contribution in [1.82, 2.24) is 4.98 Å². The van der Waals surface area contributed by atoms with E-state index in [9.17, 15) is 8.42 Å². The van der Waals surface area contributed by atoms with Crippen molar-refractivity contribution in [2.45, 2.75) is 18.7 Å². The van der Waals surface area contributed by atoms with Crippen molar-refractivity contribution in [3.8, 4) is 0 Å². The van der Waals surface area contributed by atoms with Gasteiger partial charge in [-0.3, -0.25) is 4.72 Å². The predicted octanol–water partition coefficient (Wildman–Crippen LogP) is 3.26. The number of sulfonamides is 1. The number of nitrogens with zero attached hydrogens (tertiary/aromatic N) is 1. The van der Waals surface area contributed by atoms with E-state index >= 15 is 0 Å². The Morgan fingerprint density at radius 3 is 2.58 bits per heavy atom. The molecule has 19 heavy (non-hydrogen) atoms. The van der Waals surface area contributed by atoms with Crippen LogP contribution in [0.25, 0.3) is 0 Å². The first-order valence-corrected chi connectivity index (χ1v) is 7.88. The van der Waals surface area contributed by atoms with Gasteiger partial charge in [-0.05, 0) is 59.1 Å². The van der Waals surface area contributed by atoms with Crippen LogP contribution in [-0.2, 0) is 10.0 Å². The van der Waals surface area contributed by atoms with Crippen LogP contribution in [0.3, 0.4) is 0 Å². The Labute approximate surface area is 121 Å². The summed E-state index contributed by atoms with van der Waals surface area (Å²) in [6.45, 7) is 3.65. The summed E-state index contributed by atoms with van der Waals surface area (Å²) in [4.78, 5) is 4.31. The Bertz CT molecular complexity index is 714. The van der Waals surface area contributed by atoms with Gasteiger partial charge in [-0.15, -0.1) is 0 Å². The molecule has 0 bridgehead atoms. The van der Waals surface area contributed by atoms with Gasteiger partial charge in [0.05, 0.1) is 4.90 Å². The summed E-state index contributed by atoms with van der Waals surface area (Å²) in [5.41, 5.74) is 1.65. The van der Waals surface area contributed by atoms with E-state index < -0.39 is 10.0 Å². The van der Waals surface area contributed by atoms with Gasteiger partial charge in [0.1, 0.15) is 5.82 Å². The highest BCUT2D eigenvalue weighted by atomic mass is 79.9. The van der Waals surface area contributed by atoms with E-state index in [1.165, 1.54) is 0 Å². The van der Waals surface area contributed by atoms with Gasteiger partial charge in [0.25, 0.3) is 10.0 Å². The van der Waals surface area contributed by atoms with Crippen LogP contribution >= 0.6 is 15.9 Å². The van der Waals surface area contributed by atoms with Gasteiger partial charge in [-0.2, -0.15) is 0 Å². The number of hydrogen-bond acceptors (Lipinski definition) is 3. The molecule has 1 heterocycles. The van der Waals surface area contributed by atoms with Crippen molar-refractivity contribution in [1.29, 1.82) is 0 Å². The lowest BCUT2D eigenvalue weighted by Gasteiger charge is -2.10. The largest absolute Gasteiger partial charge is 0.263 e. The number of aryl methyl sites for hydroxylation is 2. The van der Waals surface area contributed by atoms with Crippen LogP contribution in [0, 0.1) is 13.8 Å². The molecular weight excluding hydrogens is 328 g/mol. The fraction of sp³-hybridized carbons (Fsp3) is 0.154. The van der Waals surface area contributed by atoms with Crippen LogP contribution in [0.15, 0.2) is 45.9 Å². The zero-order chi connectivity index (χ0) is 14.0. The minimum Gasteiger partial charge on any atom is -0.263 e. The number of halogens is 1. The fourth-order valence-electron chi connectivity index (χ4n) is 1.62. The number of nitrogens with one attached hydrogen (secondary N) is 1. The molecule has 0 aliphatic heterocycles. The van der Waals surface area contributed by atoms with Gasteiger partial charge in [0, 0.05) is 10.7 Å². The third-order valence-electron chi connectivity index (χ3n) is 2.58. The maximum atomic E-state index is 12.2. The van der Waals surface area contributed by atoms with Crippen molar-refractivity contribution in [2.24, 2.45) is 0 Å². The number of anilines is 1. The molecule has 0 fully saturated rings. The summed E-state index contributed by atoms with van der Waals surface area (Å²) in [7, 11) is -3.60. The molecule has 0 aliphatic rings. The highest BCUT2D eigenvalue weighted by Gasteiger charge is 2.16. The Morgan fingerprint density at radius 2 is 1.95 bits per heavy atom. The standard InChI is InChI=1S/C13H13BrN2O2S/c1-9-4-3-5-12(6-9)19(17,18)16-13-10(2)7-11(14)8-15-13/h3-8H,1-2H3,(H,15,16). The SMILES string of the molecule is Cc1cccc(S(=O)(=O)Nc2ncc(Br)cc2C)c1. The first-order valence-electron chi connectivity index (χ1n) is 5.60. The van der Waals surface area contributed by atoms with E-state index in [4.69, 9.17) is 0 Å². The maximum absolute atomic E-state index is 12.2. The van der Waals surface area contributed by atoms with Crippen molar-refractivity contribution in [3.63, 3.8) is 0 Å². The third kappa shape index (κ3) is 3.33. The topological polar surface area (TPSA) is 59.1 Å². The van der Waals surface area contributed by atoms with Crippen molar-refractivity contribution < 1.29 is 8.42 Å². The summed E-state index contributed by atoms with van der Waals surface area (Å²) >= 11 is 3.29. The van der Waals surface area contributed by atoms with Gasteiger partial charge in [-0.25, -0.2) is 13.4 Å². The average Bonchev–Trinajstić information content (AvgIpc) is 2.33. The Balaban J connectivity index is 2.36. The molecule has 0 saturated carbocycles. The molecule has 1 aromatic carbocycles. The third-order valence-corrected chi connectivity index (χ3v) is 4.35. The first kappa shape index (κ1) is 14.0. The second kappa shape index (κ2) is 5.30. The quantitative estimate of drug-likeness (QED) is 0.932. The van der Waals surface area contributed by atoms with Crippen LogP contribution in [0.4, 0.5) is 5.82 Å². The number of benzene rings is 1. The highest BCUT2D eigenvalue weighted by molar-refractivity contribution is 9.10. The molecule has 4 nitrogen and oxygen atoms in total. The Kier molecular flexibility index (Phi) is 3.91. The predicted molar refractivity (Wildman–Crippen MR) is 78.7 cm³/mol. The summed E-state index contributed by atoms with van der Waals surface area (Å²) in [5, 5.41) is 0. The van der Waals surface area contributed by atoms with E-state index in [1.807, 2.05) is 13.0 Å². The maximum Gasteiger partial charge on any atom is 0.263 e. The minimum absolute atomic E-state index is 0.233. The second-order valence-electron chi connectivity index (χ2n) is 4.24. The molecule has 2 aromatic rings. The summed E-state index contributed by atoms with van der Waals surface area (Å²) in [5.74, 6) is 0.338. The van der Waals surface area contributed by atoms with Crippen LogP contribution in [-0.4, -0.2) is 13.4 Å². The van der Waals surface area contributed by atoms with E-state index in [0.29, 0.717) is 5.82 Å². The summed E-state index contributed by atoms with van der Waals surface area (Å²) in [6, 6.07) is 8.55. The normalized spacial score (nSPS) is 11.3. The smallest absolute Gasteiger partial charge is 0.263 e. The average molecular weight is 341 g/mol. The molecule has 100 valence electrons. The van der Waals surface area contributed by atoms with Crippen molar-refractivity contribution in [2.75, 3.05) is 4.72 Å². The van der Waals surface area contributed by atoms with Crippen LogP contribution in [0.2, 0.25) is 0 Å². The summed E-state index contributed by atoms with van der Waals surface area (Å²) < 4.78 is 27.8. The Hall–Kier alpha value is -1.40. The lowest BCUT2D eigenvalue weighted by atomic mass is 10.2. The van der Waals surface area contributed by atoms with Crippen molar-refractivity contribution >= 4 is 31.8 Å². The van der Waals surface area contributed by atoms with E-state index in [2.05, 4.69) is 25.6 Å². The van der Waals surface area contributed by atoms with Gasteiger partial charge >= 0.3 is 0 Å². The van der Waals surface area contributed by atoms with Crippen LogP contribution < -0.4 is 4.72 Å². The molecule has 0 saturated heterocycles. The van der Waals surface area contributed by atoms with E-state index in [-0.39, 0.29) is 4.90 Å². The molecular formula is C13H13BrN2O2S. The molecule has 2 rings (SSSR count). The van der Waals surface area contributed by atoms with Gasteiger partial charge in [-0.1, -0.05) is 12.1 Å². The van der Waals surface area contributed by atoms with Gasteiger partial charge in [0.2, 0.25) is 0 Å².